The number of carbonyl (C=O) groups excluding carboxylic acids is 4. The topological polar surface area (TPSA) is 125 Å². The van der Waals surface area contributed by atoms with E-state index in [1.165, 1.54) is 43.4 Å². The van der Waals surface area contributed by atoms with Crippen LogP contribution < -0.4 is 19.8 Å². The van der Waals surface area contributed by atoms with Gasteiger partial charge < -0.3 is 14.6 Å². The van der Waals surface area contributed by atoms with Crippen LogP contribution in [0.1, 0.15) is 24.0 Å². The van der Waals surface area contributed by atoms with Crippen molar-refractivity contribution in [2.45, 2.75) is 18.3 Å². The van der Waals surface area contributed by atoms with Gasteiger partial charge in [-0.3, -0.25) is 29.5 Å². The maximum absolute atomic E-state index is 15.3. The first-order valence-electron chi connectivity index (χ1n) is 17.6. The number of benzene rings is 4. The molecular weight excluding hydrogens is 840 g/mol. The third-order valence-corrected chi connectivity index (χ3v) is 12.4. The lowest BCUT2D eigenvalue weighted by Crippen LogP contribution is -2.54. The molecule has 10 nitrogen and oxygen atoms in total. The van der Waals surface area contributed by atoms with E-state index in [9.17, 15) is 23.9 Å². The number of anilines is 2. The lowest BCUT2D eigenvalue weighted by atomic mass is 9.50. The van der Waals surface area contributed by atoms with Crippen molar-refractivity contribution in [3.63, 3.8) is 0 Å². The predicted octanol–water partition coefficient (Wildman–Crippen LogP) is 7.54. The summed E-state index contributed by atoms with van der Waals surface area (Å²) in [6, 6.07) is 22.6. The number of fused-ring (bicyclic) bond motifs is 4. The van der Waals surface area contributed by atoms with Crippen LogP contribution in [0.25, 0.3) is 6.08 Å². The van der Waals surface area contributed by atoms with E-state index in [1.54, 1.807) is 54.6 Å². The summed E-state index contributed by atoms with van der Waals surface area (Å²) >= 11 is 8.54. The molecule has 6 atom stereocenters. The molecule has 2 N–H and O–H groups in total. The fourth-order valence-electron chi connectivity index (χ4n) is 8.96. The highest BCUT2D eigenvalue weighted by molar-refractivity contribution is 14.1. The Morgan fingerprint density at radius 3 is 2.18 bits per heavy atom. The molecule has 4 aromatic carbocycles. The van der Waals surface area contributed by atoms with E-state index in [2.05, 4.69) is 28.0 Å². The molecule has 0 radical (unpaired) electrons. The first-order chi connectivity index (χ1) is 26.5. The Labute approximate surface area is 334 Å². The number of aromatic hydroxyl groups is 1. The first-order valence-corrected chi connectivity index (χ1v) is 19.1. The summed E-state index contributed by atoms with van der Waals surface area (Å²) in [7, 11) is 2.84. The van der Waals surface area contributed by atoms with Gasteiger partial charge in [0, 0.05) is 14.5 Å². The number of amides is 4. The van der Waals surface area contributed by atoms with Gasteiger partial charge in [-0.2, -0.15) is 5.01 Å². The van der Waals surface area contributed by atoms with Gasteiger partial charge in [0.25, 0.3) is 11.8 Å². The van der Waals surface area contributed by atoms with Crippen molar-refractivity contribution in [1.82, 2.24) is 5.01 Å². The molecule has 4 amide bonds. The van der Waals surface area contributed by atoms with Crippen LogP contribution in [0.3, 0.4) is 0 Å². The van der Waals surface area contributed by atoms with Gasteiger partial charge >= 0.3 is 0 Å². The summed E-state index contributed by atoms with van der Waals surface area (Å²) in [6.45, 7) is 0. The molecule has 4 aliphatic rings. The zero-order valence-corrected chi connectivity index (χ0v) is 32.5. The van der Waals surface area contributed by atoms with Gasteiger partial charge in [0.15, 0.2) is 11.5 Å². The highest BCUT2D eigenvalue weighted by atomic mass is 127. The van der Waals surface area contributed by atoms with Crippen LogP contribution in [0.5, 0.6) is 17.2 Å². The van der Waals surface area contributed by atoms with E-state index in [-0.39, 0.29) is 41.9 Å². The normalized spacial score (nSPS) is 25.8. The van der Waals surface area contributed by atoms with E-state index in [0.717, 1.165) is 14.2 Å². The number of methoxy groups -OCH3 is 2. The number of imide groups is 2. The van der Waals surface area contributed by atoms with E-state index in [1.807, 2.05) is 24.3 Å². The summed E-state index contributed by atoms with van der Waals surface area (Å²) in [5, 5.41) is 12.1. The van der Waals surface area contributed by atoms with Gasteiger partial charge in [0.1, 0.15) is 5.82 Å². The molecule has 55 heavy (non-hydrogen) atoms. The number of phenolic OH excluding ortho intramolecular Hbond substituents is 1. The zero-order valence-electron chi connectivity index (χ0n) is 29.5. The van der Waals surface area contributed by atoms with Gasteiger partial charge in [0.05, 0.1) is 48.8 Å². The number of phenols is 1. The number of ether oxygens (including phenoxy) is 2. The van der Waals surface area contributed by atoms with Crippen LogP contribution in [0, 0.1) is 39.0 Å². The number of rotatable bonds is 8. The lowest BCUT2D eigenvalue weighted by molar-refractivity contribution is -0.139. The van der Waals surface area contributed by atoms with Gasteiger partial charge in [-0.25, -0.2) is 4.39 Å². The van der Waals surface area contributed by atoms with Crippen molar-refractivity contribution in [3.8, 4) is 17.2 Å². The summed E-state index contributed by atoms with van der Waals surface area (Å²) in [5.41, 5.74) is 4.08. The predicted molar refractivity (Wildman–Crippen MR) is 212 cm³/mol. The van der Waals surface area contributed by atoms with Crippen LogP contribution in [0.2, 0.25) is 5.02 Å². The molecule has 2 aliphatic heterocycles. The number of hydrogen-bond acceptors (Lipinski definition) is 8. The fraction of sp³-hybridized carbons (Fsp3) is 0.238. The van der Waals surface area contributed by atoms with E-state index in [4.69, 9.17) is 21.1 Å². The minimum absolute atomic E-state index is 0.104. The summed E-state index contributed by atoms with van der Waals surface area (Å²) < 4.78 is 25.7. The molecule has 8 rings (SSSR count). The van der Waals surface area contributed by atoms with Crippen molar-refractivity contribution in [2.24, 2.45) is 29.6 Å². The molecule has 2 saturated heterocycles. The summed E-state index contributed by atoms with van der Waals surface area (Å²) in [5.74, 6) is -5.86. The largest absolute Gasteiger partial charge is 0.502 e. The second kappa shape index (κ2) is 14.1. The fourth-order valence-corrected chi connectivity index (χ4v) is 9.45. The summed E-state index contributed by atoms with van der Waals surface area (Å²) in [6.07, 6.45) is 5.94. The Morgan fingerprint density at radius 1 is 0.891 bits per heavy atom. The molecule has 13 heteroatoms. The lowest BCUT2D eigenvalue weighted by Gasteiger charge is -2.49. The molecule has 4 aromatic rings. The summed E-state index contributed by atoms with van der Waals surface area (Å²) in [4.78, 5) is 59.8. The van der Waals surface area contributed by atoms with Gasteiger partial charge in [-0.05, 0) is 125 Å². The SMILES string of the molecule is COc1cc(C=C[C@H]2C3=CC[C@@H]4C(=O)N(c5ccc(I)cc5)C(=O)[C@@H]4[C@@H]3C[C@H]3C(=O)N(Nc4ccc(F)cc4)C(=O)[C@@]23c2ccc(Cl)cc2)cc(OC)c1O. The Bertz CT molecular complexity index is 2270. The Hall–Kier alpha value is -5.21. The highest BCUT2D eigenvalue weighted by Gasteiger charge is 2.69. The van der Waals surface area contributed by atoms with E-state index in [0.29, 0.717) is 27.5 Å². The van der Waals surface area contributed by atoms with Crippen LogP contribution in [0.15, 0.2) is 103 Å². The molecule has 2 aliphatic carbocycles. The second-order valence-electron chi connectivity index (χ2n) is 14.0. The minimum atomic E-state index is -1.53. The molecule has 280 valence electrons. The van der Waals surface area contributed by atoms with Gasteiger partial charge in [-0.1, -0.05) is 47.5 Å². The highest BCUT2D eigenvalue weighted by Crippen LogP contribution is 2.62. The third kappa shape index (κ3) is 5.88. The van der Waals surface area contributed by atoms with Gasteiger partial charge in [0.2, 0.25) is 17.6 Å². The van der Waals surface area contributed by atoms with Gasteiger partial charge in [-0.15, -0.1) is 0 Å². The average molecular weight is 874 g/mol. The minimum Gasteiger partial charge on any atom is -0.502 e. The second-order valence-corrected chi connectivity index (χ2v) is 15.7. The number of hydrogen-bond donors (Lipinski definition) is 2. The maximum Gasteiger partial charge on any atom is 0.260 e. The molecule has 0 bridgehead atoms. The first kappa shape index (κ1) is 36.8. The quantitative estimate of drug-likeness (QED) is 0.106. The monoisotopic (exact) mass is 873 g/mol. The van der Waals surface area contributed by atoms with Crippen LogP contribution in [0.4, 0.5) is 15.8 Å². The molecule has 2 heterocycles. The zero-order chi connectivity index (χ0) is 38.8. The Kier molecular flexibility index (Phi) is 9.44. The molecule has 1 saturated carbocycles. The van der Waals surface area contributed by atoms with Crippen molar-refractivity contribution in [1.29, 1.82) is 0 Å². The molecule has 0 unspecified atom stereocenters. The smallest absolute Gasteiger partial charge is 0.260 e. The Morgan fingerprint density at radius 2 is 1.55 bits per heavy atom. The number of nitrogens with zero attached hydrogens (tertiary/aromatic N) is 2. The number of carbonyl (C=O) groups is 4. The average Bonchev–Trinajstić information content (AvgIpc) is 3.56. The van der Waals surface area contributed by atoms with E-state index >= 15 is 4.79 Å². The standard InChI is InChI=1S/C42H34ClFIN3O7/c1-54-34-19-22(20-35(55-2)37(34)49)3-18-32-29-16-17-30-36(40(52)47(38(30)50)28-14-10-26(45)11-15-28)31(29)21-33-39(51)48(46-27-12-8-25(44)9-13-27)41(53)42(32,33)23-4-6-24(43)7-5-23/h3-16,18-20,30-33,36,46,49H,17,21H2,1-2H3/t30-,31+,32-,33-,36-,42-/m0/s1. The van der Waals surface area contributed by atoms with Crippen molar-refractivity contribution >= 4 is 75.3 Å². The number of halogens is 3. The Balaban J connectivity index is 1.31. The molecule has 0 spiro atoms. The molecular formula is C42H34ClFIN3O7. The van der Waals surface area contributed by atoms with Crippen LogP contribution in [-0.4, -0.2) is 48.0 Å². The number of hydrazine groups is 1. The van der Waals surface area contributed by atoms with Crippen molar-refractivity contribution in [2.75, 3.05) is 24.5 Å². The van der Waals surface area contributed by atoms with Crippen LogP contribution >= 0.6 is 34.2 Å². The van der Waals surface area contributed by atoms with E-state index < -0.39 is 52.6 Å². The third-order valence-electron chi connectivity index (χ3n) is 11.4. The maximum atomic E-state index is 15.3. The number of nitrogens with one attached hydrogen (secondary N) is 1. The van der Waals surface area contributed by atoms with Crippen molar-refractivity contribution in [3.05, 3.63) is 128 Å². The molecule has 3 fully saturated rings. The van der Waals surface area contributed by atoms with Crippen LogP contribution in [-0.2, 0) is 24.6 Å². The number of allylic oxidation sites excluding steroid dienone is 3. The van der Waals surface area contributed by atoms with Crippen molar-refractivity contribution < 1.29 is 38.1 Å². The molecule has 0 aromatic heterocycles.